The topological polar surface area (TPSA) is 156 Å². The van der Waals surface area contributed by atoms with Crippen molar-refractivity contribution in [3.63, 3.8) is 0 Å². The van der Waals surface area contributed by atoms with Crippen molar-refractivity contribution in [3.8, 4) is 0 Å². The van der Waals surface area contributed by atoms with Crippen LogP contribution in [0.3, 0.4) is 0 Å². The Morgan fingerprint density at radius 2 is 1.66 bits per heavy atom. The van der Waals surface area contributed by atoms with Crippen LogP contribution in [0.15, 0.2) is 22.3 Å². The van der Waals surface area contributed by atoms with Crippen molar-refractivity contribution in [3.05, 3.63) is 37.9 Å². The van der Waals surface area contributed by atoms with Crippen molar-refractivity contribution < 1.29 is 9.96 Å². The second kappa shape index (κ2) is 10.2. The molecule has 12 nitrogen and oxygen atoms in total. The van der Waals surface area contributed by atoms with Gasteiger partial charge in [-0.25, -0.2) is 10.1 Å². The molecule has 32 heavy (non-hydrogen) atoms. The summed E-state index contributed by atoms with van der Waals surface area (Å²) in [4.78, 5) is 26.4. The number of nitrogens with zero attached hydrogens (tertiary/aromatic N) is 6. The van der Waals surface area contributed by atoms with Crippen molar-refractivity contribution in [1.82, 2.24) is 5.43 Å². The summed E-state index contributed by atoms with van der Waals surface area (Å²) in [7, 11) is 0. The lowest BCUT2D eigenvalue weighted by molar-refractivity contribution is -0.525. The molecule has 0 aromatic heterocycles. The lowest BCUT2D eigenvalue weighted by atomic mass is 9.98. The van der Waals surface area contributed by atoms with Gasteiger partial charge in [0.25, 0.3) is 11.6 Å². The minimum atomic E-state index is -0.839. The number of benzene rings is 1. The molecular weight excluding hydrogens is 416 g/mol. The molecule has 2 aliphatic heterocycles. The van der Waals surface area contributed by atoms with Gasteiger partial charge in [-0.15, -0.1) is 5.10 Å². The van der Waals surface area contributed by atoms with Crippen molar-refractivity contribution in [2.45, 2.75) is 64.5 Å². The maximum atomic E-state index is 12.0. The molecule has 0 aliphatic carbocycles. The first kappa shape index (κ1) is 23.2. The first-order chi connectivity index (χ1) is 15.3. The number of nitro benzene ring substituents is 1. The van der Waals surface area contributed by atoms with E-state index in [9.17, 15) is 20.2 Å². The highest BCUT2D eigenvalue weighted by atomic mass is 16.7. The van der Waals surface area contributed by atoms with Gasteiger partial charge in [0.2, 0.25) is 0 Å². The zero-order chi connectivity index (χ0) is 23.3. The third kappa shape index (κ3) is 5.42. The minimum Gasteiger partial charge on any atom is -0.368 e. The van der Waals surface area contributed by atoms with Gasteiger partial charge in [0.15, 0.2) is 5.03 Å². The van der Waals surface area contributed by atoms with Crippen molar-refractivity contribution in [2.75, 3.05) is 22.9 Å². The average Bonchev–Trinajstić information content (AvgIpc) is 2.74. The predicted octanol–water partition coefficient (Wildman–Crippen LogP) is 2.78. The first-order valence-electron chi connectivity index (χ1n) is 10.9. The SMILES string of the molecule is C[C@@H]1CCCCN1c1cc(N2CCCC[C@@H]2C)c(/C=N\N=C(N)N[N+](=O)[O-])cc1[N+](=O)[O-]. The van der Waals surface area contributed by atoms with Gasteiger partial charge >= 0.3 is 0 Å². The molecule has 2 fully saturated rings. The molecule has 0 radical (unpaired) electrons. The molecular formula is C20H30N8O4. The molecule has 1 aromatic carbocycles. The Bertz CT molecular complexity index is 919. The van der Waals surface area contributed by atoms with E-state index in [0.717, 1.165) is 57.3 Å². The monoisotopic (exact) mass is 446 g/mol. The summed E-state index contributed by atoms with van der Waals surface area (Å²) in [6.07, 6.45) is 7.67. The molecule has 0 saturated carbocycles. The van der Waals surface area contributed by atoms with Gasteiger partial charge in [0.05, 0.1) is 11.1 Å². The number of hydrazine groups is 1. The highest BCUT2D eigenvalue weighted by Gasteiger charge is 2.30. The Labute approximate surface area is 186 Å². The van der Waals surface area contributed by atoms with E-state index in [1.54, 1.807) is 5.43 Å². The van der Waals surface area contributed by atoms with E-state index in [2.05, 4.69) is 33.9 Å². The molecule has 2 heterocycles. The van der Waals surface area contributed by atoms with Crippen LogP contribution in [0.25, 0.3) is 0 Å². The number of nitrogens with one attached hydrogen (secondary N) is 1. The zero-order valence-electron chi connectivity index (χ0n) is 18.4. The van der Waals surface area contributed by atoms with E-state index < -0.39 is 11.0 Å². The number of nitrogens with two attached hydrogens (primary N) is 1. The number of guanidine groups is 1. The van der Waals surface area contributed by atoms with Crippen LogP contribution in [0.1, 0.15) is 57.9 Å². The van der Waals surface area contributed by atoms with Crippen molar-refractivity contribution in [1.29, 1.82) is 0 Å². The third-order valence-electron chi connectivity index (χ3n) is 6.11. The average molecular weight is 447 g/mol. The fourth-order valence-corrected chi connectivity index (χ4v) is 4.49. The lowest BCUT2D eigenvalue weighted by Gasteiger charge is -2.38. The van der Waals surface area contributed by atoms with Crippen LogP contribution in [0.2, 0.25) is 0 Å². The summed E-state index contributed by atoms with van der Waals surface area (Å²) in [5.74, 6) is -0.479. The molecule has 2 saturated heterocycles. The summed E-state index contributed by atoms with van der Waals surface area (Å²) in [5.41, 5.74) is 9.12. The standard InChI is InChI=1S/C20H30N8O4/c1-14-7-3-5-9-25(14)17-12-18(26-10-6-4-8-15(26)2)19(27(29)30)11-16(17)13-22-23-20(21)24-28(31)32/h11-15H,3-10H2,1-2H3,(H3,21,23,24)/b22-13-/t14-,15+/m0/s1. The zero-order valence-corrected chi connectivity index (χ0v) is 18.4. The smallest absolute Gasteiger partial charge is 0.293 e. The fourth-order valence-electron chi connectivity index (χ4n) is 4.49. The molecule has 0 bridgehead atoms. The van der Waals surface area contributed by atoms with E-state index >= 15 is 0 Å². The number of nitro groups is 2. The second-order valence-electron chi connectivity index (χ2n) is 8.33. The Morgan fingerprint density at radius 1 is 1.06 bits per heavy atom. The van der Waals surface area contributed by atoms with Crippen LogP contribution in [-0.4, -0.2) is 47.3 Å². The molecule has 0 spiro atoms. The number of piperidine rings is 2. The highest BCUT2D eigenvalue weighted by Crippen LogP contribution is 2.39. The Hall–Kier alpha value is -3.44. The van der Waals surface area contributed by atoms with E-state index in [-0.39, 0.29) is 22.7 Å². The van der Waals surface area contributed by atoms with Gasteiger partial charge in [0, 0.05) is 42.5 Å². The molecule has 3 N–H and O–H groups in total. The van der Waals surface area contributed by atoms with Crippen LogP contribution in [0, 0.1) is 20.2 Å². The Morgan fingerprint density at radius 3 is 2.19 bits per heavy atom. The fraction of sp³-hybridized carbons (Fsp3) is 0.600. The number of anilines is 2. The summed E-state index contributed by atoms with van der Waals surface area (Å²) < 4.78 is 0. The Kier molecular flexibility index (Phi) is 7.44. The van der Waals surface area contributed by atoms with Crippen LogP contribution in [0.4, 0.5) is 17.1 Å². The van der Waals surface area contributed by atoms with E-state index in [1.165, 1.54) is 12.3 Å². The molecule has 0 unspecified atom stereocenters. The molecule has 174 valence electrons. The number of hydrogen-bond acceptors (Lipinski definition) is 8. The normalized spacial score (nSPS) is 22.2. The first-order valence-corrected chi connectivity index (χ1v) is 10.9. The van der Waals surface area contributed by atoms with Crippen LogP contribution >= 0.6 is 0 Å². The summed E-state index contributed by atoms with van der Waals surface area (Å²) in [6.45, 7) is 5.85. The van der Waals surface area contributed by atoms with Gasteiger partial charge in [-0.05, 0) is 58.4 Å². The van der Waals surface area contributed by atoms with Crippen molar-refractivity contribution >= 4 is 29.2 Å². The van der Waals surface area contributed by atoms with Gasteiger partial charge in [-0.3, -0.25) is 10.1 Å². The lowest BCUT2D eigenvalue weighted by Crippen LogP contribution is -2.40. The third-order valence-corrected chi connectivity index (χ3v) is 6.11. The Balaban J connectivity index is 2.08. The summed E-state index contributed by atoms with van der Waals surface area (Å²) in [5, 5.41) is 29.0. The van der Waals surface area contributed by atoms with Gasteiger partial charge in [-0.2, -0.15) is 5.10 Å². The predicted molar refractivity (Wildman–Crippen MR) is 124 cm³/mol. The molecule has 12 heteroatoms. The number of hydrogen-bond donors (Lipinski definition) is 2. The van der Waals surface area contributed by atoms with Gasteiger partial charge in [0.1, 0.15) is 5.69 Å². The van der Waals surface area contributed by atoms with E-state index in [0.29, 0.717) is 11.3 Å². The minimum absolute atomic E-state index is 0.00832. The van der Waals surface area contributed by atoms with Crippen molar-refractivity contribution in [2.24, 2.45) is 15.9 Å². The largest absolute Gasteiger partial charge is 0.368 e. The van der Waals surface area contributed by atoms with Gasteiger partial charge < -0.3 is 15.5 Å². The second-order valence-corrected chi connectivity index (χ2v) is 8.33. The van der Waals surface area contributed by atoms with Crippen LogP contribution in [0.5, 0.6) is 0 Å². The summed E-state index contributed by atoms with van der Waals surface area (Å²) >= 11 is 0. The quantitative estimate of drug-likeness (QED) is 0.292. The summed E-state index contributed by atoms with van der Waals surface area (Å²) in [6, 6.07) is 3.90. The van der Waals surface area contributed by atoms with E-state index in [1.807, 2.05) is 6.07 Å². The van der Waals surface area contributed by atoms with Gasteiger partial charge in [-0.1, -0.05) is 5.43 Å². The van der Waals surface area contributed by atoms with Crippen LogP contribution < -0.4 is 21.0 Å². The molecule has 0 amide bonds. The maximum absolute atomic E-state index is 12.0. The highest BCUT2D eigenvalue weighted by molar-refractivity contribution is 5.92. The molecule has 1 aromatic rings. The maximum Gasteiger partial charge on any atom is 0.293 e. The molecule has 3 rings (SSSR count). The van der Waals surface area contributed by atoms with E-state index in [4.69, 9.17) is 5.73 Å². The number of rotatable bonds is 6. The molecule has 2 aliphatic rings. The van der Waals surface area contributed by atoms with Crippen LogP contribution in [-0.2, 0) is 0 Å². The molecule has 2 atom stereocenters.